The summed E-state index contributed by atoms with van der Waals surface area (Å²) < 4.78 is 0. The first-order chi connectivity index (χ1) is 22.0. The van der Waals surface area contributed by atoms with Crippen molar-refractivity contribution in [2.45, 2.75) is 118 Å². The Balaban J connectivity index is 1.24. The lowest BCUT2D eigenvalue weighted by Crippen LogP contribution is -2.26. The van der Waals surface area contributed by atoms with Gasteiger partial charge in [0, 0.05) is 11.8 Å². The highest BCUT2D eigenvalue weighted by Crippen LogP contribution is 2.51. The number of benzene rings is 3. The molecule has 3 aromatic carbocycles. The molecule has 0 N–H and O–H groups in total. The molecule has 0 heteroatoms. The quantitative estimate of drug-likeness (QED) is 0.234. The second-order valence-electron chi connectivity index (χ2n) is 16.9. The summed E-state index contributed by atoms with van der Waals surface area (Å²) in [6.07, 6.45) is 17.4. The Bertz CT molecular complexity index is 1700. The number of aryl methyl sites for hydroxylation is 2. The average Bonchev–Trinajstić information content (AvgIpc) is 3.55. The summed E-state index contributed by atoms with van der Waals surface area (Å²) in [4.78, 5) is 0. The molecule has 2 fully saturated rings. The van der Waals surface area contributed by atoms with Crippen molar-refractivity contribution in [2.24, 2.45) is 23.2 Å². The van der Waals surface area contributed by atoms with Gasteiger partial charge in [-0.3, -0.25) is 0 Å². The predicted octanol–water partition coefficient (Wildman–Crippen LogP) is 13.3. The summed E-state index contributed by atoms with van der Waals surface area (Å²) >= 11 is 0. The molecule has 1 unspecified atom stereocenters. The smallest absolute Gasteiger partial charge is 0.00565 e. The Hall–Kier alpha value is -3.12. The molecule has 0 nitrogen and oxygen atoms in total. The SMILES string of the molecule is C=C(C)[C@@H](CC(C)(C)C)c1c(C)cc2c(c1-c1ccc(C)cc1)CC(c1ccc3c(c1)C(C1CCC(C4CCC4)CC1)=CC3C)=C2. The van der Waals surface area contributed by atoms with E-state index in [2.05, 4.69) is 116 Å². The zero-order chi connectivity index (χ0) is 32.3. The number of allylic oxidation sites excluding steroid dienone is 4. The molecule has 0 aliphatic heterocycles. The van der Waals surface area contributed by atoms with Gasteiger partial charge in [-0.2, -0.15) is 0 Å². The van der Waals surface area contributed by atoms with Crippen molar-refractivity contribution >= 4 is 17.2 Å². The Kier molecular flexibility index (Phi) is 8.32. The van der Waals surface area contributed by atoms with E-state index in [9.17, 15) is 0 Å². The molecule has 2 saturated carbocycles. The van der Waals surface area contributed by atoms with E-state index in [4.69, 9.17) is 0 Å². The van der Waals surface area contributed by atoms with Crippen LogP contribution in [0.5, 0.6) is 0 Å². The largest absolute Gasteiger partial charge is 0.0995 e. The van der Waals surface area contributed by atoms with E-state index in [0.29, 0.717) is 11.8 Å². The second kappa shape index (κ2) is 12.2. The number of hydrogen-bond acceptors (Lipinski definition) is 0. The van der Waals surface area contributed by atoms with E-state index >= 15 is 0 Å². The standard InChI is InChI=1S/C46H56/c1-28(2)43(27-46(6,7)8)44-31(5)22-38-24-37(26-41(38)45(44)35-14-12-29(3)13-15-35)36-20-21-39-30(4)23-40(42(39)25-36)34-18-16-33(17-19-34)32-10-9-11-32/h12-15,20-25,30,32-34,43H,1,9-11,16-19,26-27H2,2-8H3/t30?,33?,34?,43-/m1/s1. The molecule has 7 rings (SSSR count). The molecule has 240 valence electrons. The average molecular weight is 609 g/mol. The first-order valence-corrected chi connectivity index (χ1v) is 18.4. The normalized spacial score (nSPS) is 23.3. The third kappa shape index (κ3) is 5.91. The molecule has 0 bridgehead atoms. The van der Waals surface area contributed by atoms with Crippen LogP contribution < -0.4 is 0 Å². The van der Waals surface area contributed by atoms with Gasteiger partial charge in [-0.05, 0) is 150 Å². The van der Waals surface area contributed by atoms with Crippen LogP contribution in [-0.2, 0) is 6.42 Å². The van der Waals surface area contributed by atoms with Gasteiger partial charge in [-0.1, -0.05) is 119 Å². The topological polar surface area (TPSA) is 0 Å². The number of hydrogen-bond donors (Lipinski definition) is 0. The van der Waals surface area contributed by atoms with Gasteiger partial charge in [0.1, 0.15) is 0 Å². The van der Waals surface area contributed by atoms with Gasteiger partial charge in [-0.15, -0.1) is 0 Å². The van der Waals surface area contributed by atoms with Gasteiger partial charge in [0.25, 0.3) is 0 Å². The maximum Gasteiger partial charge on any atom is 0.00565 e. The molecule has 0 spiro atoms. The van der Waals surface area contributed by atoms with Crippen LogP contribution in [0.25, 0.3) is 28.3 Å². The zero-order valence-corrected chi connectivity index (χ0v) is 29.7. The summed E-state index contributed by atoms with van der Waals surface area (Å²) in [5.74, 6) is 3.64. The highest BCUT2D eigenvalue weighted by molar-refractivity contribution is 5.94. The minimum Gasteiger partial charge on any atom is -0.0995 e. The molecular formula is C46H56. The van der Waals surface area contributed by atoms with E-state index in [-0.39, 0.29) is 5.41 Å². The van der Waals surface area contributed by atoms with E-state index < -0.39 is 0 Å². The van der Waals surface area contributed by atoms with Crippen molar-refractivity contribution in [2.75, 3.05) is 0 Å². The third-order valence-electron chi connectivity index (χ3n) is 12.2. The van der Waals surface area contributed by atoms with Gasteiger partial charge in [0.2, 0.25) is 0 Å². The summed E-state index contributed by atoms with van der Waals surface area (Å²) in [6.45, 7) is 20.8. The van der Waals surface area contributed by atoms with Crippen molar-refractivity contribution in [3.8, 4) is 11.1 Å². The Morgan fingerprint density at radius 3 is 2.17 bits per heavy atom. The molecule has 0 saturated heterocycles. The minimum atomic E-state index is 0.215. The molecule has 4 aliphatic rings. The maximum absolute atomic E-state index is 4.55. The first kappa shape index (κ1) is 31.5. The number of fused-ring (bicyclic) bond motifs is 2. The van der Waals surface area contributed by atoms with E-state index in [1.165, 1.54) is 101 Å². The minimum absolute atomic E-state index is 0.215. The van der Waals surface area contributed by atoms with Crippen molar-refractivity contribution in [3.05, 3.63) is 111 Å². The van der Waals surface area contributed by atoms with Crippen LogP contribution in [0.15, 0.2) is 66.8 Å². The van der Waals surface area contributed by atoms with Crippen LogP contribution in [0, 0.1) is 37.0 Å². The van der Waals surface area contributed by atoms with Crippen LogP contribution in [0.3, 0.4) is 0 Å². The van der Waals surface area contributed by atoms with Crippen molar-refractivity contribution in [3.63, 3.8) is 0 Å². The van der Waals surface area contributed by atoms with E-state index in [1.54, 1.807) is 16.7 Å². The van der Waals surface area contributed by atoms with Gasteiger partial charge in [0.15, 0.2) is 0 Å². The monoisotopic (exact) mass is 608 g/mol. The lowest BCUT2D eigenvalue weighted by molar-refractivity contribution is 0.150. The fraction of sp³-hybridized carbons (Fsp3) is 0.478. The Morgan fingerprint density at radius 1 is 0.870 bits per heavy atom. The summed E-state index contributed by atoms with van der Waals surface area (Å²) in [6, 6.07) is 19.2. The molecule has 0 amide bonds. The van der Waals surface area contributed by atoms with Crippen molar-refractivity contribution in [1.29, 1.82) is 0 Å². The third-order valence-corrected chi connectivity index (χ3v) is 12.2. The Labute approximate surface area is 280 Å². The van der Waals surface area contributed by atoms with Crippen LogP contribution in [0.4, 0.5) is 0 Å². The molecule has 0 radical (unpaired) electrons. The van der Waals surface area contributed by atoms with Crippen LogP contribution in [-0.4, -0.2) is 0 Å². The maximum atomic E-state index is 4.55. The van der Waals surface area contributed by atoms with E-state index in [1.807, 2.05) is 0 Å². The molecule has 2 atom stereocenters. The summed E-state index contributed by atoms with van der Waals surface area (Å²) in [7, 11) is 0. The molecular weight excluding hydrogens is 553 g/mol. The van der Waals surface area contributed by atoms with Crippen LogP contribution >= 0.6 is 0 Å². The van der Waals surface area contributed by atoms with Gasteiger partial charge in [-0.25, -0.2) is 0 Å². The lowest BCUT2D eigenvalue weighted by Gasteiger charge is -2.39. The highest BCUT2D eigenvalue weighted by atomic mass is 14.4. The number of rotatable bonds is 7. The molecule has 4 aliphatic carbocycles. The summed E-state index contributed by atoms with van der Waals surface area (Å²) in [5, 5.41) is 0. The molecule has 46 heavy (non-hydrogen) atoms. The fourth-order valence-corrected chi connectivity index (χ4v) is 9.49. The van der Waals surface area contributed by atoms with Gasteiger partial charge >= 0.3 is 0 Å². The fourth-order valence-electron chi connectivity index (χ4n) is 9.49. The highest BCUT2D eigenvalue weighted by Gasteiger charge is 2.35. The van der Waals surface area contributed by atoms with Crippen LogP contribution in [0.1, 0.15) is 142 Å². The first-order valence-electron chi connectivity index (χ1n) is 18.4. The van der Waals surface area contributed by atoms with Crippen molar-refractivity contribution < 1.29 is 0 Å². The van der Waals surface area contributed by atoms with E-state index in [0.717, 1.165) is 30.6 Å². The lowest BCUT2D eigenvalue weighted by atomic mass is 9.67. The molecule has 0 aromatic heterocycles. The molecule has 0 heterocycles. The second-order valence-corrected chi connectivity index (χ2v) is 16.9. The summed E-state index contributed by atoms with van der Waals surface area (Å²) in [5.41, 5.74) is 19.0. The predicted molar refractivity (Wildman–Crippen MR) is 200 cm³/mol. The zero-order valence-electron chi connectivity index (χ0n) is 29.7. The van der Waals surface area contributed by atoms with Crippen molar-refractivity contribution in [1.82, 2.24) is 0 Å². The molecule has 3 aromatic rings. The van der Waals surface area contributed by atoms with Crippen LogP contribution in [0.2, 0.25) is 0 Å². The Morgan fingerprint density at radius 2 is 1.54 bits per heavy atom. The van der Waals surface area contributed by atoms with Gasteiger partial charge in [0.05, 0.1) is 0 Å². The van der Waals surface area contributed by atoms with Gasteiger partial charge < -0.3 is 0 Å².